The van der Waals surface area contributed by atoms with Crippen molar-refractivity contribution >= 4 is 6.08 Å². The van der Waals surface area contributed by atoms with Crippen LogP contribution in [-0.4, -0.2) is 24.1 Å². The van der Waals surface area contributed by atoms with E-state index in [0.717, 1.165) is 17.5 Å². The van der Waals surface area contributed by atoms with E-state index < -0.39 is 5.79 Å². The second-order valence-corrected chi connectivity index (χ2v) is 6.10. The number of hydrogen-bond donors (Lipinski definition) is 0. The standard InChI is InChI=1S/C18H26O3/c1-6-15-8-10-16(11-9-15)12-19-18(7-2)13-20-17(4,5)21-14(18)3/h6,8-11,14H,1,7,12-13H2,2-5H3. The first-order valence-electron chi connectivity index (χ1n) is 7.58. The molecular weight excluding hydrogens is 264 g/mol. The van der Waals surface area contributed by atoms with Crippen molar-refractivity contribution in [2.45, 2.75) is 58.2 Å². The molecule has 1 aromatic rings. The molecule has 116 valence electrons. The molecule has 1 heterocycles. The summed E-state index contributed by atoms with van der Waals surface area (Å²) in [6, 6.07) is 8.23. The van der Waals surface area contributed by atoms with Crippen molar-refractivity contribution in [2.75, 3.05) is 6.61 Å². The summed E-state index contributed by atoms with van der Waals surface area (Å²) >= 11 is 0. The molecule has 0 radical (unpaired) electrons. The molecule has 2 atom stereocenters. The average Bonchev–Trinajstić information content (AvgIpc) is 2.47. The van der Waals surface area contributed by atoms with Crippen LogP contribution in [0.4, 0.5) is 0 Å². The van der Waals surface area contributed by atoms with Gasteiger partial charge in [0.15, 0.2) is 5.79 Å². The van der Waals surface area contributed by atoms with E-state index in [9.17, 15) is 0 Å². The average molecular weight is 290 g/mol. The van der Waals surface area contributed by atoms with Crippen LogP contribution in [0.25, 0.3) is 6.08 Å². The Morgan fingerprint density at radius 3 is 2.52 bits per heavy atom. The maximum Gasteiger partial charge on any atom is 0.163 e. The number of ether oxygens (including phenoxy) is 3. The highest BCUT2D eigenvalue weighted by atomic mass is 16.7. The van der Waals surface area contributed by atoms with Crippen LogP contribution in [0.15, 0.2) is 30.8 Å². The highest BCUT2D eigenvalue weighted by Gasteiger charge is 2.45. The van der Waals surface area contributed by atoms with Crippen LogP contribution in [0.3, 0.4) is 0 Å². The molecule has 21 heavy (non-hydrogen) atoms. The third kappa shape index (κ3) is 3.73. The van der Waals surface area contributed by atoms with Crippen molar-refractivity contribution in [3.8, 4) is 0 Å². The molecule has 0 aliphatic carbocycles. The van der Waals surface area contributed by atoms with Gasteiger partial charge < -0.3 is 14.2 Å². The minimum atomic E-state index is -0.535. The first-order chi connectivity index (χ1) is 9.91. The molecular formula is C18H26O3. The first kappa shape index (κ1) is 16.2. The quantitative estimate of drug-likeness (QED) is 0.814. The van der Waals surface area contributed by atoms with E-state index in [1.165, 1.54) is 0 Å². The molecule has 1 aliphatic heterocycles. The van der Waals surface area contributed by atoms with Gasteiger partial charge in [0.25, 0.3) is 0 Å². The van der Waals surface area contributed by atoms with Gasteiger partial charge in [0.05, 0.1) is 19.3 Å². The molecule has 2 unspecified atom stereocenters. The lowest BCUT2D eigenvalue weighted by molar-refractivity contribution is -0.340. The third-order valence-corrected chi connectivity index (χ3v) is 4.21. The normalized spacial score (nSPS) is 28.3. The van der Waals surface area contributed by atoms with Crippen LogP contribution in [0.1, 0.15) is 45.2 Å². The molecule has 0 N–H and O–H groups in total. The summed E-state index contributed by atoms with van der Waals surface area (Å²) in [7, 11) is 0. The van der Waals surface area contributed by atoms with E-state index >= 15 is 0 Å². The minimum absolute atomic E-state index is 0.00121. The summed E-state index contributed by atoms with van der Waals surface area (Å²) in [6.07, 6.45) is 2.69. The van der Waals surface area contributed by atoms with Crippen molar-refractivity contribution in [3.05, 3.63) is 42.0 Å². The van der Waals surface area contributed by atoms with Crippen LogP contribution in [0, 0.1) is 0 Å². The summed E-state index contributed by atoms with van der Waals surface area (Å²) in [6.45, 7) is 12.9. The molecule has 0 aromatic heterocycles. The third-order valence-electron chi connectivity index (χ3n) is 4.21. The van der Waals surface area contributed by atoms with E-state index in [1.54, 1.807) is 0 Å². The Labute approximate surface area is 127 Å². The lowest BCUT2D eigenvalue weighted by Gasteiger charge is -2.47. The van der Waals surface area contributed by atoms with Gasteiger partial charge in [0, 0.05) is 0 Å². The Morgan fingerprint density at radius 1 is 1.33 bits per heavy atom. The van der Waals surface area contributed by atoms with Gasteiger partial charge in [0.1, 0.15) is 5.60 Å². The Morgan fingerprint density at radius 2 is 2.00 bits per heavy atom. The van der Waals surface area contributed by atoms with Gasteiger partial charge in [-0.25, -0.2) is 0 Å². The smallest absolute Gasteiger partial charge is 0.163 e. The molecule has 3 heteroatoms. The minimum Gasteiger partial charge on any atom is -0.365 e. The van der Waals surface area contributed by atoms with Gasteiger partial charge in [-0.05, 0) is 38.3 Å². The molecule has 0 spiro atoms. The monoisotopic (exact) mass is 290 g/mol. The molecule has 3 nitrogen and oxygen atoms in total. The van der Waals surface area contributed by atoms with Crippen LogP contribution in [-0.2, 0) is 20.8 Å². The zero-order valence-electron chi connectivity index (χ0n) is 13.5. The fourth-order valence-electron chi connectivity index (χ4n) is 2.61. The number of benzene rings is 1. The Balaban J connectivity index is 2.03. The molecule has 2 rings (SSSR count). The van der Waals surface area contributed by atoms with Gasteiger partial charge in [-0.2, -0.15) is 0 Å². The van der Waals surface area contributed by atoms with Gasteiger partial charge in [-0.3, -0.25) is 0 Å². The van der Waals surface area contributed by atoms with Gasteiger partial charge in [0.2, 0.25) is 0 Å². The van der Waals surface area contributed by atoms with Crippen LogP contribution >= 0.6 is 0 Å². The van der Waals surface area contributed by atoms with Crippen LogP contribution in [0.2, 0.25) is 0 Å². The number of hydrogen-bond acceptors (Lipinski definition) is 3. The van der Waals surface area contributed by atoms with Crippen LogP contribution in [0.5, 0.6) is 0 Å². The molecule has 0 bridgehead atoms. The highest BCUT2D eigenvalue weighted by molar-refractivity contribution is 5.47. The molecule has 1 fully saturated rings. The zero-order chi connectivity index (χ0) is 15.5. The van der Waals surface area contributed by atoms with Crippen molar-refractivity contribution in [1.82, 2.24) is 0 Å². The van der Waals surface area contributed by atoms with Gasteiger partial charge in [-0.15, -0.1) is 0 Å². The van der Waals surface area contributed by atoms with Crippen LogP contribution < -0.4 is 0 Å². The Kier molecular flexibility index (Phi) is 4.87. The number of rotatable bonds is 5. The summed E-state index contributed by atoms with van der Waals surface area (Å²) in [5.74, 6) is -0.535. The lowest BCUT2D eigenvalue weighted by atomic mass is 9.93. The largest absolute Gasteiger partial charge is 0.365 e. The lowest BCUT2D eigenvalue weighted by Crippen LogP contribution is -2.57. The topological polar surface area (TPSA) is 27.7 Å². The molecule has 0 saturated carbocycles. The Bertz CT molecular complexity index is 478. The van der Waals surface area contributed by atoms with E-state index in [-0.39, 0.29) is 11.7 Å². The maximum atomic E-state index is 6.21. The van der Waals surface area contributed by atoms with E-state index in [0.29, 0.717) is 13.2 Å². The van der Waals surface area contributed by atoms with E-state index in [1.807, 2.05) is 32.1 Å². The predicted molar refractivity (Wildman–Crippen MR) is 84.9 cm³/mol. The van der Waals surface area contributed by atoms with Crippen molar-refractivity contribution in [2.24, 2.45) is 0 Å². The highest BCUT2D eigenvalue weighted by Crippen LogP contribution is 2.34. The first-order valence-corrected chi connectivity index (χ1v) is 7.58. The maximum absolute atomic E-state index is 6.21. The predicted octanol–water partition coefficient (Wildman–Crippen LogP) is 4.17. The second kappa shape index (κ2) is 6.30. The fourth-order valence-corrected chi connectivity index (χ4v) is 2.61. The fraction of sp³-hybridized carbons (Fsp3) is 0.556. The van der Waals surface area contributed by atoms with E-state index in [4.69, 9.17) is 14.2 Å². The molecule has 1 aliphatic rings. The van der Waals surface area contributed by atoms with Gasteiger partial charge in [-0.1, -0.05) is 43.8 Å². The zero-order valence-corrected chi connectivity index (χ0v) is 13.5. The van der Waals surface area contributed by atoms with Crippen molar-refractivity contribution in [3.63, 3.8) is 0 Å². The summed E-state index contributed by atoms with van der Waals surface area (Å²) in [5.41, 5.74) is 1.88. The summed E-state index contributed by atoms with van der Waals surface area (Å²) < 4.78 is 18.0. The van der Waals surface area contributed by atoms with E-state index in [2.05, 4.69) is 32.6 Å². The summed E-state index contributed by atoms with van der Waals surface area (Å²) in [5, 5.41) is 0. The van der Waals surface area contributed by atoms with Crippen molar-refractivity contribution < 1.29 is 14.2 Å². The second-order valence-electron chi connectivity index (χ2n) is 6.10. The van der Waals surface area contributed by atoms with Gasteiger partial charge >= 0.3 is 0 Å². The SMILES string of the molecule is C=Cc1ccc(COC2(CC)COC(C)(C)OC2C)cc1. The Hall–Kier alpha value is -1.16. The molecule has 1 aromatic carbocycles. The molecule has 1 saturated heterocycles. The summed E-state index contributed by atoms with van der Waals surface area (Å²) in [4.78, 5) is 0. The molecule has 0 amide bonds. The van der Waals surface area contributed by atoms with Crippen molar-refractivity contribution in [1.29, 1.82) is 0 Å².